The zero-order valence-corrected chi connectivity index (χ0v) is 32.2. The molecule has 46 heavy (non-hydrogen) atoms. The van der Waals surface area contributed by atoms with E-state index in [0.717, 1.165) is 60.8 Å². The molecular weight excluding hydrogens is 610 g/mol. The Morgan fingerprint density at radius 1 is 0.522 bits per heavy atom. The second-order valence-electron chi connectivity index (χ2n) is 16.4. The van der Waals surface area contributed by atoms with Crippen molar-refractivity contribution in [1.82, 2.24) is 9.97 Å². The summed E-state index contributed by atoms with van der Waals surface area (Å²) in [5, 5.41) is 0.525. The lowest BCUT2D eigenvalue weighted by atomic mass is 9.91. The molecule has 4 aliphatic rings. The maximum atomic E-state index is 6.20. The van der Waals surface area contributed by atoms with E-state index < -0.39 is 11.6 Å². The highest BCUT2D eigenvalue weighted by Crippen LogP contribution is 2.71. The van der Waals surface area contributed by atoms with Crippen LogP contribution in [0.25, 0.3) is 11.4 Å². The molecule has 0 aromatic carbocycles. The molecule has 0 bridgehead atoms. The van der Waals surface area contributed by atoms with Gasteiger partial charge in [0.1, 0.15) is 0 Å². The van der Waals surface area contributed by atoms with Gasteiger partial charge in [-0.3, -0.25) is 9.97 Å². The van der Waals surface area contributed by atoms with Crippen LogP contribution < -0.4 is 0 Å². The largest absolute Gasteiger partial charge is 0.347 e. The molecule has 2 aromatic rings. The van der Waals surface area contributed by atoms with Crippen molar-refractivity contribution in [1.29, 1.82) is 0 Å². The van der Waals surface area contributed by atoms with E-state index in [4.69, 9.17) is 28.9 Å². The fraction of sp³-hybridized carbons (Fsp3) is 0.737. The van der Waals surface area contributed by atoms with E-state index in [-0.39, 0.29) is 36.5 Å². The number of unbranched alkanes of at least 4 members (excludes halogenated alkanes) is 1. The van der Waals surface area contributed by atoms with Crippen LogP contribution in [0.1, 0.15) is 119 Å². The van der Waals surface area contributed by atoms with Crippen LogP contribution in [0.4, 0.5) is 0 Å². The van der Waals surface area contributed by atoms with Gasteiger partial charge in [-0.2, -0.15) is 0 Å². The summed E-state index contributed by atoms with van der Waals surface area (Å²) in [5.74, 6) is -0.821. The Labute approximate surface area is 282 Å². The number of pyridine rings is 2. The average molecular weight is 671 g/mol. The van der Waals surface area contributed by atoms with Gasteiger partial charge in [0.2, 0.25) is 0 Å². The number of aromatic nitrogens is 2. The summed E-state index contributed by atoms with van der Waals surface area (Å²) in [4.78, 5) is 10.4. The van der Waals surface area contributed by atoms with Crippen molar-refractivity contribution in [2.45, 2.75) is 152 Å². The van der Waals surface area contributed by atoms with Crippen molar-refractivity contribution in [2.24, 2.45) is 0 Å². The zero-order valence-electron chi connectivity index (χ0n) is 30.4. The molecule has 8 heteroatoms. The predicted molar refractivity (Wildman–Crippen MR) is 193 cm³/mol. The van der Waals surface area contributed by atoms with E-state index in [2.05, 4.69) is 106 Å². The Morgan fingerprint density at radius 2 is 0.826 bits per heavy atom. The number of rotatable bonds is 6. The minimum Gasteiger partial charge on any atom is -0.347 e. The smallest absolute Gasteiger partial charge is 0.170 e. The summed E-state index contributed by atoms with van der Waals surface area (Å²) >= 11 is 0. The van der Waals surface area contributed by atoms with Gasteiger partial charge >= 0.3 is 0 Å². The Morgan fingerprint density at radius 3 is 1.11 bits per heavy atom. The lowest BCUT2D eigenvalue weighted by Crippen LogP contribution is -2.50. The van der Waals surface area contributed by atoms with E-state index in [9.17, 15) is 0 Å². The molecule has 0 saturated carbocycles. The van der Waals surface area contributed by atoms with Gasteiger partial charge in [0.15, 0.2) is 11.6 Å². The molecule has 6 rings (SSSR count). The van der Waals surface area contributed by atoms with Crippen LogP contribution in [0.2, 0.25) is 0 Å². The molecule has 0 aliphatic carbocycles. The van der Waals surface area contributed by atoms with Crippen LogP contribution in [-0.2, 0) is 31.3 Å². The molecule has 256 valence electrons. The van der Waals surface area contributed by atoms with E-state index in [1.165, 1.54) is 12.8 Å². The van der Waals surface area contributed by atoms with E-state index in [0.29, 0.717) is 26.4 Å². The van der Waals surface area contributed by atoms with Crippen LogP contribution in [0.3, 0.4) is 0 Å². The highest BCUT2D eigenvalue weighted by molar-refractivity contribution is 7.60. The van der Waals surface area contributed by atoms with Crippen molar-refractivity contribution in [3.63, 3.8) is 0 Å². The zero-order chi connectivity index (χ0) is 33.4. The van der Waals surface area contributed by atoms with Crippen molar-refractivity contribution in [3.05, 3.63) is 47.8 Å². The monoisotopic (exact) mass is 670 g/mol. The molecule has 4 fully saturated rings. The number of hydrogen-bond donors (Lipinski definition) is 0. The Kier molecular flexibility index (Phi) is 10.8. The quantitative estimate of drug-likeness (QED) is 0.285. The molecule has 6 heterocycles. The summed E-state index contributed by atoms with van der Waals surface area (Å²) in [6.45, 7) is 26.5. The molecule has 4 aliphatic heterocycles. The lowest BCUT2D eigenvalue weighted by molar-refractivity contribution is -0.179. The highest BCUT2D eigenvalue weighted by atomic mass is 31.1. The van der Waals surface area contributed by atoms with Gasteiger partial charge < -0.3 is 18.9 Å². The summed E-state index contributed by atoms with van der Waals surface area (Å²) in [5.41, 5.74) is 4.27. The Balaban J connectivity index is 0.000000985. The minimum atomic E-state index is -0.411. The van der Waals surface area contributed by atoms with E-state index in [1.54, 1.807) is 0 Å². The first-order chi connectivity index (χ1) is 21.5. The summed E-state index contributed by atoms with van der Waals surface area (Å²) in [7, 11) is -0.730. The molecule has 6 nitrogen and oxygen atoms in total. The molecule has 2 spiro atoms. The van der Waals surface area contributed by atoms with Crippen LogP contribution in [-0.4, -0.2) is 68.6 Å². The molecule has 0 N–H and O–H groups in total. The third-order valence-corrected chi connectivity index (χ3v) is 18.1. The standard InChI is InChI=1S/C34H50N2O4P2.C4H10/c1-29(2)21-33(37-15-16-38-33)22-30(3,4)41(29)19-25-11-9-13-27(35-25)28-14-10-12-26(36-28)20-42-31(5,6)23-34(24-32(42,7)8)39-17-18-40-34;1-3-4-2/h9-14H,15-24H2,1-8H3;3-4H2,1-2H3. The first-order valence-corrected chi connectivity index (χ1v) is 20.6. The molecule has 2 aromatic heterocycles. The molecule has 0 atom stereocenters. The maximum Gasteiger partial charge on any atom is 0.170 e. The van der Waals surface area contributed by atoms with E-state index in [1.807, 2.05) is 0 Å². The van der Waals surface area contributed by atoms with Crippen LogP contribution in [0, 0.1) is 0 Å². The second kappa shape index (κ2) is 13.7. The third-order valence-electron chi connectivity index (χ3n) is 10.4. The summed E-state index contributed by atoms with van der Waals surface area (Å²) < 4.78 is 24.8. The second-order valence-corrected chi connectivity index (χ2v) is 23.6. The van der Waals surface area contributed by atoms with Crippen LogP contribution in [0.15, 0.2) is 36.4 Å². The summed E-state index contributed by atoms with van der Waals surface area (Å²) in [6.07, 6.45) is 8.44. The number of hydrogen-bond acceptors (Lipinski definition) is 6. The number of ether oxygens (including phenoxy) is 4. The van der Waals surface area contributed by atoms with Gasteiger partial charge in [0, 0.05) is 49.4 Å². The lowest BCUT2D eigenvalue weighted by Gasteiger charge is -2.55. The minimum absolute atomic E-state index is 0.131. The maximum absolute atomic E-state index is 6.20. The van der Waals surface area contributed by atoms with Crippen LogP contribution in [0.5, 0.6) is 0 Å². The van der Waals surface area contributed by atoms with Crippen molar-refractivity contribution >= 4 is 15.8 Å². The SMILES string of the molecule is CC1(C)CC2(CC(C)(C)P1Cc1cccc(-c3cccc(CP4C(C)(C)CC5(CC4(C)C)OCCO5)n3)n1)OCCO2.CCCC. The molecule has 0 unspecified atom stereocenters. The fourth-order valence-corrected chi connectivity index (χ4v) is 16.5. The Bertz CT molecular complexity index is 1190. The van der Waals surface area contributed by atoms with Crippen molar-refractivity contribution < 1.29 is 18.9 Å². The van der Waals surface area contributed by atoms with Gasteiger partial charge in [0.25, 0.3) is 0 Å². The topological polar surface area (TPSA) is 62.7 Å². The average Bonchev–Trinajstić information content (AvgIpc) is 3.61. The van der Waals surface area contributed by atoms with Gasteiger partial charge in [-0.15, -0.1) is 0 Å². The normalized spacial score (nSPS) is 25.8. The fourth-order valence-electron chi connectivity index (χ4n) is 8.78. The summed E-state index contributed by atoms with van der Waals surface area (Å²) in [6, 6.07) is 13.0. The number of nitrogens with zero attached hydrogens (tertiary/aromatic N) is 2. The van der Waals surface area contributed by atoms with Gasteiger partial charge in [-0.25, -0.2) is 0 Å². The van der Waals surface area contributed by atoms with Crippen molar-refractivity contribution in [3.8, 4) is 11.4 Å². The van der Waals surface area contributed by atoms with E-state index >= 15 is 0 Å². The van der Waals surface area contributed by atoms with Gasteiger partial charge in [-0.05, 0) is 44.9 Å². The third kappa shape index (κ3) is 7.90. The highest BCUT2D eigenvalue weighted by Gasteiger charge is 2.57. The Hall–Kier alpha value is -1.00. The first-order valence-electron chi connectivity index (χ1n) is 17.6. The van der Waals surface area contributed by atoms with Crippen molar-refractivity contribution in [2.75, 3.05) is 26.4 Å². The predicted octanol–water partition coefficient (Wildman–Crippen LogP) is 10.1. The van der Waals surface area contributed by atoms with Gasteiger partial charge in [-0.1, -0.05) is 110 Å². The first kappa shape index (κ1) is 36.3. The molecular formula is C38H60N2O4P2. The van der Waals surface area contributed by atoms with Gasteiger partial charge in [0.05, 0.1) is 37.8 Å². The molecule has 4 saturated heterocycles. The molecule has 0 amide bonds. The van der Waals surface area contributed by atoms with Crippen LogP contribution >= 0.6 is 15.8 Å². The molecule has 0 radical (unpaired) electrons.